The quantitative estimate of drug-likeness (QED) is 0.813. The number of aromatic amines is 1. The Morgan fingerprint density at radius 2 is 2.38 bits per heavy atom. The first-order valence-corrected chi connectivity index (χ1v) is 5.48. The van der Waals surface area contributed by atoms with Crippen molar-refractivity contribution in [2.45, 2.75) is 25.2 Å². The lowest BCUT2D eigenvalue weighted by molar-refractivity contribution is -0.117. The molecule has 3 N–H and O–H groups in total. The fourth-order valence-electron chi connectivity index (χ4n) is 2.09. The fraction of sp³-hybridized carbons (Fsp3) is 0.333. The van der Waals surface area contributed by atoms with Crippen LogP contribution in [0, 0.1) is 0 Å². The van der Waals surface area contributed by atoms with E-state index in [-0.39, 0.29) is 12.3 Å². The van der Waals surface area contributed by atoms with Crippen LogP contribution in [0.3, 0.4) is 0 Å². The molecule has 4 heteroatoms. The highest BCUT2D eigenvalue weighted by Crippen LogP contribution is 2.42. The van der Waals surface area contributed by atoms with Crippen molar-refractivity contribution in [1.82, 2.24) is 9.97 Å². The molecule has 0 aliphatic heterocycles. The van der Waals surface area contributed by atoms with Crippen LogP contribution in [0.1, 0.15) is 30.0 Å². The Hall–Kier alpha value is -1.84. The molecule has 0 unspecified atom stereocenters. The van der Waals surface area contributed by atoms with Crippen LogP contribution in [0.2, 0.25) is 0 Å². The predicted molar refractivity (Wildman–Crippen MR) is 61.0 cm³/mol. The SMILES string of the molecule is NC(=O)Cc1cc2[nH]cc(C3CC3)c2cn1. The van der Waals surface area contributed by atoms with Crippen molar-refractivity contribution in [3.05, 3.63) is 29.7 Å². The van der Waals surface area contributed by atoms with Gasteiger partial charge in [0.2, 0.25) is 5.91 Å². The molecular weight excluding hydrogens is 202 g/mol. The second-order valence-corrected chi connectivity index (χ2v) is 4.38. The summed E-state index contributed by atoms with van der Waals surface area (Å²) < 4.78 is 0. The van der Waals surface area contributed by atoms with Gasteiger partial charge in [-0.25, -0.2) is 0 Å². The predicted octanol–water partition coefficient (Wildman–Crippen LogP) is 1.47. The molecular formula is C12H13N3O. The molecule has 3 rings (SSSR count). The Kier molecular flexibility index (Phi) is 1.96. The molecule has 0 bridgehead atoms. The van der Waals surface area contributed by atoms with Crippen molar-refractivity contribution in [3.8, 4) is 0 Å². The zero-order valence-electron chi connectivity index (χ0n) is 8.86. The molecule has 0 saturated heterocycles. The highest BCUT2D eigenvalue weighted by atomic mass is 16.1. The van der Waals surface area contributed by atoms with Crippen molar-refractivity contribution in [2.24, 2.45) is 5.73 Å². The largest absolute Gasteiger partial charge is 0.369 e. The normalized spacial score (nSPS) is 15.5. The summed E-state index contributed by atoms with van der Waals surface area (Å²) in [5, 5.41) is 1.18. The highest BCUT2D eigenvalue weighted by molar-refractivity contribution is 5.84. The Morgan fingerprint density at radius 1 is 1.56 bits per heavy atom. The van der Waals surface area contributed by atoms with Gasteiger partial charge in [0.05, 0.1) is 12.1 Å². The third kappa shape index (κ3) is 1.56. The molecule has 2 heterocycles. The van der Waals surface area contributed by atoms with Crippen molar-refractivity contribution in [2.75, 3.05) is 0 Å². The number of fused-ring (bicyclic) bond motifs is 1. The van der Waals surface area contributed by atoms with Crippen LogP contribution in [-0.2, 0) is 11.2 Å². The van der Waals surface area contributed by atoms with Gasteiger partial charge >= 0.3 is 0 Å². The molecule has 0 aromatic carbocycles. The van der Waals surface area contributed by atoms with Crippen LogP contribution >= 0.6 is 0 Å². The standard InChI is InChI=1S/C12H13N3O/c13-12(16)4-8-3-11-10(6-14-8)9(5-15-11)7-1-2-7/h3,5-7,15H,1-2,4H2,(H2,13,16). The van der Waals surface area contributed by atoms with Gasteiger partial charge in [0.1, 0.15) is 0 Å². The Labute approximate surface area is 92.9 Å². The molecule has 2 aromatic rings. The van der Waals surface area contributed by atoms with Gasteiger partial charge in [0.15, 0.2) is 0 Å². The van der Waals surface area contributed by atoms with Gasteiger partial charge < -0.3 is 10.7 Å². The third-order valence-corrected chi connectivity index (χ3v) is 3.03. The smallest absolute Gasteiger partial charge is 0.223 e. The molecule has 82 valence electrons. The van der Waals surface area contributed by atoms with Crippen LogP contribution in [0.4, 0.5) is 0 Å². The van der Waals surface area contributed by atoms with E-state index >= 15 is 0 Å². The van der Waals surface area contributed by atoms with E-state index in [9.17, 15) is 4.79 Å². The molecule has 1 aliphatic rings. The summed E-state index contributed by atoms with van der Waals surface area (Å²) in [4.78, 5) is 18.3. The Morgan fingerprint density at radius 3 is 3.06 bits per heavy atom. The fourth-order valence-corrected chi connectivity index (χ4v) is 2.09. The maximum atomic E-state index is 10.8. The number of hydrogen-bond donors (Lipinski definition) is 2. The first kappa shape index (κ1) is 9.39. The number of rotatable bonds is 3. The van der Waals surface area contributed by atoms with E-state index in [2.05, 4.69) is 16.2 Å². The number of nitrogens with one attached hydrogen (secondary N) is 1. The summed E-state index contributed by atoms with van der Waals surface area (Å²) in [5.41, 5.74) is 8.27. The lowest BCUT2D eigenvalue weighted by atomic mass is 10.1. The van der Waals surface area contributed by atoms with Crippen molar-refractivity contribution in [3.63, 3.8) is 0 Å². The van der Waals surface area contributed by atoms with Crippen LogP contribution < -0.4 is 5.73 Å². The van der Waals surface area contributed by atoms with Gasteiger partial charge in [-0.1, -0.05) is 0 Å². The van der Waals surface area contributed by atoms with E-state index < -0.39 is 0 Å². The van der Waals surface area contributed by atoms with E-state index in [0.29, 0.717) is 5.92 Å². The summed E-state index contributed by atoms with van der Waals surface area (Å²) >= 11 is 0. The summed E-state index contributed by atoms with van der Waals surface area (Å²) in [6.45, 7) is 0. The maximum Gasteiger partial charge on any atom is 0.223 e. The number of H-pyrrole nitrogens is 1. The minimum Gasteiger partial charge on any atom is -0.369 e. The molecule has 0 atom stereocenters. The molecule has 1 aliphatic carbocycles. The molecule has 16 heavy (non-hydrogen) atoms. The summed E-state index contributed by atoms with van der Waals surface area (Å²) in [6, 6.07) is 1.91. The Bertz CT molecular complexity index is 554. The van der Waals surface area contributed by atoms with Crippen LogP contribution in [0.25, 0.3) is 10.9 Å². The van der Waals surface area contributed by atoms with Crippen LogP contribution in [0.5, 0.6) is 0 Å². The molecule has 1 fully saturated rings. The molecule has 1 saturated carbocycles. The van der Waals surface area contributed by atoms with Gasteiger partial charge in [0, 0.05) is 23.3 Å². The summed E-state index contributed by atoms with van der Waals surface area (Å²) in [7, 11) is 0. The number of aromatic nitrogens is 2. The van der Waals surface area contributed by atoms with E-state index in [1.165, 1.54) is 23.8 Å². The molecule has 0 spiro atoms. The second kappa shape index (κ2) is 3.33. The van der Waals surface area contributed by atoms with Gasteiger partial charge in [-0.05, 0) is 30.4 Å². The van der Waals surface area contributed by atoms with Crippen molar-refractivity contribution in [1.29, 1.82) is 0 Å². The number of carbonyl (C=O) groups excluding carboxylic acids is 1. The zero-order chi connectivity index (χ0) is 11.1. The number of hydrogen-bond acceptors (Lipinski definition) is 2. The summed E-state index contributed by atoms with van der Waals surface area (Å²) in [6.07, 6.45) is 6.65. The van der Waals surface area contributed by atoms with Crippen molar-refractivity contribution < 1.29 is 4.79 Å². The van der Waals surface area contributed by atoms with E-state index in [0.717, 1.165) is 11.2 Å². The molecule has 2 aromatic heterocycles. The molecule has 1 amide bonds. The zero-order valence-corrected chi connectivity index (χ0v) is 8.86. The summed E-state index contributed by atoms with van der Waals surface area (Å²) in [5.74, 6) is 0.360. The van der Waals surface area contributed by atoms with E-state index in [1.54, 1.807) is 0 Å². The minimum atomic E-state index is -0.346. The first-order valence-electron chi connectivity index (χ1n) is 5.48. The number of carbonyl (C=O) groups is 1. The first-order chi connectivity index (χ1) is 7.74. The number of nitrogens with two attached hydrogens (primary N) is 1. The lowest BCUT2D eigenvalue weighted by Gasteiger charge is -1.98. The number of pyridine rings is 1. The van der Waals surface area contributed by atoms with Crippen LogP contribution in [0.15, 0.2) is 18.5 Å². The molecule has 0 radical (unpaired) electrons. The van der Waals surface area contributed by atoms with Gasteiger partial charge in [-0.15, -0.1) is 0 Å². The van der Waals surface area contributed by atoms with Crippen LogP contribution in [-0.4, -0.2) is 15.9 Å². The average molecular weight is 215 g/mol. The topological polar surface area (TPSA) is 71.8 Å². The van der Waals surface area contributed by atoms with E-state index in [4.69, 9.17) is 5.73 Å². The number of primary amides is 1. The second-order valence-electron chi connectivity index (χ2n) is 4.38. The molecule has 4 nitrogen and oxygen atoms in total. The monoisotopic (exact) mass is 215 g/mol. The van der Waals surface area contributed by atoms with Gasteiger partial charge in [-0.2, -0.15) is 0 Å². The Balaban J connectivity index is 2.02. The van der Waals surface area contributed by atoms with Gasteiger partial charge in [-0.3, -0.25) is 9.78 Å². The van der Waals surface area contributed by atoms with E-state index in [1.807, 2.05) is 12.3 Å². The minimum absolute atomic E-state index is 0.202. The highest BCUT2D eigenvalue weighted by Gasteiger charge is 2.26. The average Bonchev–Trinajstić information content (AvgIpc) is 2.98. The number of nitrogens with zero attached hydrogens (tertiary/aromatic N) is 1. The maximum absolute atomic E-state index is 10.8. The third-order valence-electron chi connectivity index (χ3n) is 3.03. The lowest BCUT2D eigenvalue weighted by Crippen LogP contribution is -2.14. The van der Waals surface area contributed by atoms with Crippen molar-refractivity contribution >= 4 is 16.8 Å². The number of amides is 1. The van der Waals surface area contributed by atoms with Gasteiger partial charge in [0.25, 0.3) is 0 Å².